The average molecular weight is 482 g/mol. The zero-order valence-corrected chi connectivity index (χ0v) is 20.3. The number of hydrogen-bond donors (Lipinski definition) is 0. The van der Waals surface area contributed by atoms with Gasteiger partial charge in [-0.3, -0.25) is 14.3 Å². The fraction of sp³-hybridized carbons (Fsp3) is 0.276. The summed E-state index contributed by atoms with van der Waals surface area (Å²) in [5, 5.41) is 0. The van der Waals surface area contributed by atoms with Crippen molar-refractivity contribution < 1.29 is 4.39 Å². The Balaban J connectivity index is 1.25. The zero-order valence-electron chi connectivity index (χ0n) is 20.3. The van der Waals surface area contributed by atoms with Gasteiger partial charge in [-0.1, -0.05) is 30.3 Å². The predicted molar refractivity (Wildman–Crippen MR) is 140 cm³/mol. The normalized spacial score (nSPS) is 17.3. The average Bonchev–Trinajstić information content (AvgIpc) is 3.35. The third kappa shape index (κ3) is 4.04. The molecule has 2 aliphatic heterocycles. The van der Waals surface area contributed by atoms with Gasteiger partial charge in [0.15, 0.2) is 5.82 Å². The number of nitrogens with zero attached hydrogens (tertiary/aromatic N) is 5. The summed E-state index contributed by atoms with van der Waals surface area (Å²) in [6.07, 6.45) is 5.81. The minimum atomic E-state index is -0.485. The van der Waals surface area contributed by atoms with Crippen LogP contribution in [-0.4, -0.2) is 34.2 Å². The summed E-state index contributed by atoms with van der Waals surface area (Å²) >= 11 is 0. The second-order valence-corrected chi connectivity index (χ2v) is 9.60. The molecule has 6 nitrogen and oxygen atoms in total. The molecule has 1 saturated heterocycles. The first kappa shape index (κ1) is 22.5. The van der Waals surface area contributed by atoms with Crippen LogP contribution in [0, 0.1) is 5.82 Å². The number of para-hydroxylation sites is 1. The molecular weight excluding hydrogens is 453 g/mol. The second kappa shape index (κ2) is 9.22. The monoisotopic (exact) mass is 481 g/mol. The number of fused-ring (bicyclic) bond motifs is 1. The van der Waals surface area contributed by atoms with Crippen LogP contribution in [0.2, 0.25) is 0 Å². The van der Waals surface area contributed by atoms with Crippen LogP contribution >= 0.6 is 0 Å². The van der Waals surface area contributed by atoms with Crippen molar-refractivity contribution in [3.8, 4) is 11.3 Å². The van der Waals surface area contributed by atoms with Crippen molar-refractivity contribution in [2.24, 2.45) is 7.05 Å². The fourth-order valence-corrected chi connectivity index (χ4v) is 5.49. The molecule has 0 aliphatic carbocycles. The molecule has 0 N–H and O–H groups in total. The third-order valence-electron chi connectivity index (χ3n) is 7.43. The van der Waals surface area contributed by atoms with Crippen LogP contribution in [0.4, 0.5) is 21.7 Å². The van der Waals surface area contributed by atoms with E-state index in [1.807, 2.05) is 0 Å². The van der Waals surface area contributed by atoms with Gasteiger partial charge in [0.25, 0.3) is 5.56 Å². The molecule has 2 aromatic carbocycles. The SMILES string of the molecule is Cn1c(N2CCCC(c3ccc(N4CCc5ccccc54)cc3)C2)nc(-c2ccncc2F)cc1=O. The van der Waals surface area contributed by atoms with Crippen LogP contribution in [0.25, 0.3) is 11.3 Å². The van der Waals surface area contributed by atoms with E-state index in [0.29, 0.717) is 17.6 Å². The summed E-state index contributed by atoms with van der Waals surface area (Å²) in [4.78, 5) is 25.8. The Morgan fingerprint density at radius 2 is 1.86 bits per heavy atom. The van der Waals surface area contributed by atoms with Gasteiger partial charge in [-0.05, 0) is 54.7 Å². The third-order valence-corrected chi connectivity index (χ3v) is 7.43. The largest absolute Gasteiger partial charge is 0.342 e. The van der Waals surface area contributed by atoms with E-state index in [9.17, 15) is 9.18 Å². The summed E-state index contributed by atoms with van der Waals surface area (Å²) in [5.41, 5.74) is 5.62. The van der Waals surface area contributed by atoms with Crippen molar-refractivity contribution in [1.29, 1.82) is 0 Å². The lowest BCUT2D eigenvalue weighted by Crippen LogP contribution is -2.38. The van der Waals surface area contributed by atoms with Crippen LogP contribution in [-0.2, 0) is 13.5 Å². The summed E-state index contributed by atoms with van der Waals surface area (Å²) in [5.74, 6) is 0.419. The lowest BCUT2D eigenvalue weighted by atomic mass is 9.90. The molecule has 1 atom stereocenters. The van der Waals surface area contributed by atoms with E-state index >= 15 is 0 Å². The molecule has 6 rings (SSSR count). The Morgan fingerprint density at radius 1 is 1.03 bits per heavy atom. The summed E-state index contributed by atoms with van der Waals surface area (Å²) in [6, 6.07) is 20.5. The van der Waals surface area contributed by atoms with Crippen LogP contribution in [0.15, 0.2) is 77.9 Å². The Labute approximate surface area is 209 Å². The van der Waals surface area contributed by atoms with E-state index < -0.39 is 5.82 Å². The van der Waals surface area contributed by atoms with Gasteiger partial charge in [0.1, 0.15) is 0 Å². The quantitative estimate of drug-likeness (QED) is 0.408. The van der Waals surface area contributed by atoms with Crippen LogP contribution in [0.3, 0.4) is 0 Å². The molecule has 7 heteroatoms. The molecule has 0 spiro atoms. The van der Waals surface area contributed by atoms with Gasteiger partial charge < -0.3 is 9.80 Å². The maximum Gasteiger partial charge on any atom is 0.255 e. The molecule has 36 heavy (non-hydrogen) atoms. The Morgan fingerprint density at radius 3 is 2.69 bits per heavy atom. The predicted octanol–water partition coefficient (Wildman–Crippen LogP) is 5.06. The number of piperidine rings is 1. The van der Waals surface area contributed by atoms with Crippen LogP contribution in [0.1, 0.15) is 29.9 Å². The van der Waals surface area contributed by atoms with Crippen molar-refractivity contribution in [2.75, 3.05) is 29.4 Å². The van der Waals surface area contributed by atoms with Crippen LogP contribution < -0.4 is 15.4 Å². The van der Waals surface area contributed by atoms with Crippen molar-refractivity contribution in [1.82, 2.24) is 14.5 Å². The smallest absolute Gasteiger partial charge is 0.255 e. The first-order valence-corrected chi connectivity index (χ1v) is 12.5. The van der Waals surface area contributed by atoms with E-state index in [-0.39, 0.29) is 11.1 Å². The summed E-state index contributed by atoms with van der Waals surface area (Å²) in [6.45, 7) is 2.57. The minimum Gasteiger partial charge on any atom is -0.342 e. The lowest BCUT2D eigenvalue weighted by molar-refractivity contribution is 0.497. The Hall–Kier alpha value is -4.00. The van der Waals surface area contributed by atoms with Gasteiger partial charge in [0.05, 0.1) is 11.9 Å². The topological polar surface area (TPSA) is 54.3 Å². The van der Waals surface area contributed by atoms with Crippen molar-refractivity contribution in [3.63, 3.8) is 0 Å². The van der Waals surface area contributed by atoms with Gasteiger partial charge in [0, 0.05) is 61.8 Å². The highest BCUT2D eigenvalue weighted by molar-refractivity contribution is 5.70. The molecule has 2 aromatic heterocycles. The number of aromatic nitrogens is 3. The number of pyridine rings is 1. The molecule has 0 amide bonds. The van der Waals surface area contributed by atoms with E-state index in [4.69, 9.17) is 4.98 Å². The Bertz CT molecular complexity index is 1470. The van der Waals surface area contributed by atoms with Crippen molar-refractivity contribution in [3.05, 3.63) is 100 Å². The maximum absolute atomic E-state index is 14.4. The molecule has 0 bridgehead atoms. The molecular formula is C29H28FN5O. The molecule has 4 aromatic rings. The van der Waals surface area contributed by atoms with Gasteiger partial charge in [0.2, 0.25) is 5.95 Å². The molecule has 182 valence electrons. The van der Waals surface area contributed by atoms with E-state index in [0.717, 1.165) is 45.1 Å². The second-order valence-electron chi connectivity index (χ2n) is 9.60. The molecule has 0 radical (unpaired) electrons. The molecule has 2 aliphatic rings. The highest BCUT2D eigenvalue weighted by Crippen LogP contribution is 2.36. The van der Waals surface area contributed by atoms with Crippen LogP contribution in [0.5, 0.6) is 0 Å². The number of halogens is 1. The van der Waals surface area contributed by atoms with Gasteiger partial charge in [-0.25, -0.2) is 9.37 Å². The van der Waals surface area contributed by atoms with E-state index in [1.165, 1.54) is 34.8 Å². The standard InChI is InChI=1S/C29H28FN5O/c1-33-28(36)17-26(24-12-14-31-18-25(24)30)32-29(33)34-15-4-6-22(19-34)20-8-10-23(11-9-20)35-16-13-21-5-2-3-7-27(21)35/h2-3,5,7-12,14,17-18,22H,4,6,13,15-16,19H2,1H3. The summed E-state index contributed by atoms with van der Waals surface area (Å²) < 4.78 is 15.9. The first-order chi connectivity index (χ1) is 17.6. The maximum atomic E-state index is 14.4. The lowest BCUT2D eigenvalue weighted by Gasteiger charge is -2.34. The highest BCUT2D eigenvalue weighted by Gasteiger charge is 2.26. The molecule has 1 unspecified atom stereocenters. The van der Waals surface area contributed by atoms with Crippen molar-refractivity contribution in [2.45, 2.75) is 25.2 Å². The van der Waals surface area contributed by atoms with Gasteiger partial charge >= 0.3 is 0 Å². The van der Waals surface area contributed by atoms with Gasteiger partial charge in [-0.15, -0.1) is 0 Å². The number of hydrogen-bond acceptors (Lipinski definition) is 5. The minimum absolute atomic E-state index is 0.205. The van der Waals surface area contributed by atoms with E-state index in [2.05, 4.69) is 63.3 Å². The fourth-order valence-electron chi connectivity index (χ4n) is 5.49. The zero-order chi connectivity index (χ0) is 24.6. The number of rotatable bonds is 4. The Kier molecular flexibility index (Phi) is 5.76. The van der Waals surface area contributed by atoms with E-state index in [1.54, 1.807) is 17.7 Å². The van der Waals surface area contributed by atoms with Gasteiger partial charge in [-0.2, -0.15) is 0 Å². The summed E-state index contributed by atoms with van der Waals surface area (Å²) in [7, 11) is 1.73. The molecule has 1 fully saturated rings. The number of anilines is 3. The first-order valence-electron chi connectivity index (χ1n) is 12.5. The highest BCUT2D eigenvalue weighted by atomic mass is 19.1. The number of benzene rings is 2. The van der Waals surface area contributed by atoms with Crippen molar-refractivity contribution >= 4 is 17.3 Å². The molecule has 0 saturated carbocycles. The molecule has 4 heterocycles.